The van der Waals surface area contributed by atoms with Gasteiger partial charge in [-0.3, -0.25) is 0 Å². The highest BCUT2D eigenvalue weighted by Crippen LogP contribution is 2.37. The van der Waals surface area contributed by atoms with E-state index in [0.29, 0.717) is 12.8 Å². The third-order valence-corrected chi connectivity index (χ3v) is 2.78. The van der Waals surface area contributed by atoms with Crippen molar-refractivity contribution < 1.29 is 13.9 Å². The van der Waals surface area contributed by atoms with E-state index in [9.17, 15) is 13.9 Å². The maximum atomic E-state index is 12.6. The number of aliphatic hydroxyl groups is 1. The van der Waals surface area contributed by atoms with Gasteiger partial charge < -0.3 is 5.11 Å². The first-order valence-electron chi connectivity index (χ1n) is 4.17. The predicted octanol–water partition coefficient (Wildman–Crippen LogP) is 2.41. The third kappa shape index (κ3) is 2.56. The van der Waals surface area contributed by atoms with Crippen LogP contribution in [0.25, 0.3) is 0 Å². The van der Waals surface area contributed by atoms with Crippen molar-refractivity contribution >= 4 is 11.6 Å². The minimum Gasteiger partial charge on any atom is -0.392 e. The molecule has 1 atom stereocenters. The van der Waals surface area contributed by atoms with E-state index in [1.54, 1.807) is 0 Å². The first-order chi connectivity index (χ1) is 5.55. The lowest BCUT2D eigenvalue weighted by Crippen LogP contribution is -2.31. The van der Waals surface area contributed by atoms with Crippen LogP contribution in [-0.4, -0.2) is 23.0 Å². The molecular formula is C8H13ClF2O. The van der Waals surface area contributed by atoms with Gasteiger partial charge in [0.1, 0.15) is 0 Å². The smallest absolute Gasteiger partial charge is 0.248 e. The topological polar surface area (TPSA) is 20.2 Å². The Morgan fingerprint density at radius 2 is 1.92 bits per heavy atom. The Morgan fingerprint density at radius 1 is 1.42 bits per heavy atom. The number of rotatable bonds is 2. The van der Waals surface area contributed by atoms with E-state index in [4.69, 9.17) is 11.6 Å². The summed E-state index contributed by atoms with van der Waals surface area (Å²) in [6.07, 6.45) is -0.0401. The highest BCUT2D eigenvalue weighted by atomic mass is 35.5. The van der Waals surface area contributed by atoms with Gasteiger partial charge in [0, 0.05) is 18.7 Å². The predicted molar refractivity (Wildman–Crippen MR) is 43.6 cm³/mol. The molecule has 1 fully saturated rings. The molecule has 1 aliphatic rings. The lowest BCUT2D eigenvalue weighted by Gasteiger charge is -2.30. The maximum Gasteiger partial charge on any atom is 0.248 e. The van der Waals surface area contributed by atoms with Gasteiger partial charge in [0.2, 0.25) is 5.92 Å². The monoisotopic (exact) mass is 198 g/mol. The van der Waals surface area contributed by atoms with E-state index in [-0.39, 0.29) is 24.6 Å². The van der Waals surface area contributed by atoms with Gasteiger partial charge in [-0.2, -0.15) is 0 Å². The van der Waals surface area contributed by atoms with Crippen LogP contribution < -0.4 is 0 Å². The molecule has 1 unspecified atom stereocenters. The zero-order chi connectivity index (χ0) is 9.19. The van der Waals surface area contributed by atoms with E-state index >= 15 is 0 Å². The fourth-order valence-corrected chi connectivity index (χ4v) is 1.83. The van der Waals surface area contributed by atoms with E-state index < -0.39 is 12.0 Å². The Kier molecular flexibility index (Phi) is 3.29. The molecule has 0 radical (unpaired) electrons. The molecule has 0 aromatic carbocycles. The second-order valence-electron chi connectivity index (χ2n) is 3.42. The van der Waals surface area contributed by atoms with Crippen LogP contribution in [0.2, 0.25) is 0 Å². The number of hydrogen-bond acceptors (Lipinski definition) is 1. The summed E-state index contributed by atoms with van der Waals surface area (Å²) in [5.74, 6) is -2.39. The van der Waals surface area contributed by atoms with Crippen molar-refractivity contribution in [2.45, 2.75) is 37.7 Å². The Bertz CT molecular complexity index is 142. The van der Waals surface area contributed by atoms with Crippen molar-refractivity contribution in [3.05, 3.63) is 0 Å². The van der Waals surface area contributed by atoms with Crippen molar-refractivity contribution in [2.75, 3.05) is 5.88 Å². The number of hydrogen-bond donors (Lipinski definition) is 1. The summed E-state index contributed by atoms with van der Waals surface area (Å²) in [6.45, 7) is 0. The van der Waals surface area contributed by atoms with Gasteiger partial charge in [-0.05, 0) is 18.8 Å². The SMILES string of the molecule is OC(CCl)C1CCC(F)(F)CC1. The number of halogens is 3. The lowest BCUT2D eigenvalue weighted by atomic mass is 9.84. The summed E-state index contributed by atoms with van der Waals surface area (Å²) in [7, 11) is 0. The molecule has 0 aromatic rings. The van der Waals surface area contributed by atoms with Gasteiger partial charge in [0.15, 0.2) is 0 Å². The molecule has 0 bridgehead atoms. The molecule has 0 aromatic heterocycles. The second kappa shape index (κ2) is 3.88. The van der Waals surface area contributed by atoms with Crippen LogP contribution in [0.1, 0.15) is 25.7 Å². The molecule has 0 heterocycles. The maximum absolute atomic E-state index is 12.6. The summed E-state index contributed by atoms with van der Waals surface area (Å²) in [6, 6.07) is 0. The zero-order valence-corrected chi connectivity index (χ0v) is 7.53. The molecule has 12 heavy (non-hydrogen) atoms. The van der Waals surface area contributed by atoms with Crippen LogP contribution in [-0.2, 0) is 0 Å². The number of aliphatic hydroxyl groups excluding tert-OH is 1. The largest absolute Gasteiger partial charge is 0.392 e. The summed E-state index contributed by atoms with van der Waals surface area (Å²) < 4.78 is 25.3. The molecule has 72 valence electrons. The summed E-state index contributed by atoms with van der Waals surface area (Å²) >= 11 is 5.42. The van der Waals surface area contributed by atoms with E-state index in [0.717, 1.165) is 0 Å². The van der Waals surface area contributed by atoms with Crippen molar-refractivity contribution in [3.63, 3.8) is 0 Å². The van der Waals surface area contributed by atoms with Crippen LogP contribution in [0, 0.1) is 5.92 Å². The van der Waals surface area contributed by atoms with Gasteiger partial charge in [-0.15, -0.1) is 11.6 Å². The Morgan fingerprint density at radius 3 is 2.33 bits per heavy atom. The average molecular weight is 199 g/mol. The van der Waals surface area contributed by atoms with Crippen molar-refractivity contribution in [1.82, 2.24) is 0 Å². The van der Waals surface area contributed by atoms with Crippen molar-refractivity contribution in [2.24, 2.45) is 5.92 Å². The third-order valence-electron chi connectivity index (χ3n) is 2.46. The highest BCUT2D eigenvalue weighted by molar-refractivity contribution is 6.18. The quantitative estimate of drug-likeness (QED) is 0.676. The molecule has 1 nitrogen and oxygen atoms in total. The molecule has 1 saturated carbocycles. The molecule has 1 rings (SSSR count). The normalized spacial score (nSPS) is 27.0. The molecule has 1 N–H and O–H groups in total. The standard InChI is InChI=1S/C8H13ClF2O/c9-5-7(12)6-1-3-8(10,11)4-2-6/h6-7,12H,1-5H2. The van der Waals surface area contributed by atoms with Crippen LogP contribution in [0.3, 0.4) is 0 Å². The number of alkyl halides is 3. The van der Waals surface area contributed by atoms with Gasteiger partial charge in [0.05, 0.1) is 6.10 Å². The first-order valence-corrected chi connectivity index (χ1v) is 4.70. The van der Waals surface area contributed by atoms with Gasteiger partial charge in [0.25, 0.3) is 0 Å². The van der Waals surface area contributed by atoms with Crippen LogP contribution in [0.4, 0.5) is 8.78 Å². The Labute approximate surface area is 75.7 Å². The Balaban J connectivity index is 2.36. The first kappa shape index (κ1) is 10.2. The zero-order valence-electron chi connectivity index (χ0n) is 6.77. The molecule has 0 aliphatic heterocycles. The van der Waals surface area contributed by atoms with Crippen molar-refractivity contribution in [1.29, 1.82) is 0 Å². The molecule has 1 aliphatic carbocycles. The highest BCUT2D eigenvalue weighted by Gasteiger charge is 2.36. The van der Waals surface area contributed by atoms with E-state index in [1.165, 1.54) is 0 Å². The summed E-state index contributed by atoms with van der Waals surface area (Å²) in [5, 5.41) is 9.28. The molecule has 0 saturated heterocycles. The van der Waals surface area contributed by atoms with Gasteiger partial charge in [-0.1, -0.05) is 0 Å². The minimum atomic E-state index is -2.51. The minimum absolute atomic E-state index is 0.0258. The lowest BCUT2D eigenvalue weighted by molar-refractivity contribution is -0.0595. The molecule has 4 heteroatoms. The summed E-state index contributed by atoms with van der Waals surface area (Å²) in [4.78, 5) is 0. The van der Waals surface area contributed by atoms with Gasteiger partial charge >= 0.3 is 0 Å². The van der Waals surface area contributed by atoms with Crippen LogP contribution in [0.5, 0.6) is 0 Å². The summed E-state index contributed by atoms with van der Waals surface area (Å²) in [5.41, 5.74) is 0. The second-order valence-corrected chi connectivity index (χ2v) is 3.72. The van der Waals surface area contributed by atoms with E-state index in [1.807, 2.05) is 0 Å². The van der Waals surface area contributed by atoms with Crippen LogP contribution in [0.15, 0.2) is 0 Å². The molecular weight excluding hydrogens is 186 g/mol. The fourth-order valence-electron chi connectivity index (χ4n) is 1.57. The average Bonchev–Trinajstić information content (AvgIpc) is 2.03. The fraction of sp³-hybridized carbons (Fsp3) is 1.00. The van der Waals surface area contributed by atoms with E-state index in [2.05, 4.69) is 0 Å². The van der Waals surface area contributed by atoms with Crippen molar-refractivity contribution in [3.8, 4) is 0 Å². The Hall–Kier alpha value is 0.110. The van der Waals surface area contributed by atoms with Gasteiger partial charge in [-0.25, -0.2) is 8.78 Å². The molecule has 0 spiro atoms. The van der Waals surface area contributed by atoms with Crippen LogP contribution >= 0.6 is 11.6 Å². The molecule has 0 amide bonds.